The number of benzene rings is 1. The van der Waals surface area contributed by atoms with Gasteiger partial charge in [-0.2, -0.15) is 15.4 Å². The number of fused-ring (bicyclic) bond motifs is 1. The van der Waals surface area contributed by atoms with Crippen molar-refractivity contribution in [1.82, 2.24) is 14.7 Å². The molecule has 1 saturated heterocycles. The minimum Gasteiger partial charge on any atom is -0.468 e. The van der Waals surface area contributed by atoms with E-state index >= 15 is 0 Å². The van der Waals surface area contributed by atoms with Crippen LogP contribution in [-0.2, 0) is 42.4 Å². The molecule has 0 saturated carbocycles. The van der Waals surface area contributed by atoms with E-state index in [2.05, 4.69) is 10.2 Å². The van der Waals surface area contributed by atoms with Gasteiger partial charge in [0.2, 0.25) is 5.60 Å². The van der Waals surface area contributed by atoms with Crippen molar-refractivity contribution in [2.75, 3.05) is 19.5 Å². The van der Waals surface area contributed by atoms with Gasteiger partial charge in [0.05, 0.1) is 24.0 Å². The Hall–Kier alpha value is -4.48. The van der Waals surface area contributed by atoms with Crippen LogP contribution in [0.4, 0.5) is 5.69 Å². The zero-order chi connectivity index (χ0) is 32.8. The van der Waals surface area contributed by atoms with E-state index in [4.69, 9.17) is 33.7 Å². The highest BCUT2D eigenvalue weighted by molar-refractivity contribution is 7.52. The molecule has 45 heavy (non-hydrogen) atoms. The molecule has 3 heterocycles. The van der Waals surface area contributed by atoms with Gasteiger partial charge in [-0.25, -0.2) is 9.08 Å². The number of nitrogens with zero attached hydrogens (tertiary/aromatic N) is 3. The van der Waals surface area contributed by atoms with Crippen LogP contribution in [0, 0.1) is 11.3 Å². The first-order valence-electron chi connectivity index (χ1n) is 14.0. The SMILES string of the molecule is CCC(=O)O[C@H]1[C@H](c2ccc3c(N)ccnn23)O[C@](C#N)(CO[P@@](=O)(N[C@@H](C)C(=O)OC)Oc2ccccc2)[C@H]1OC(=O)CC. The van der Waals surface area contributed by atoms with E-state index in [1.165, 1.54) is 29.8 Å². The second kappa shape index (κ2) is 14.1. The highest BCUT2D eigenvalue weighted by Crippen LogP contribution is 2.50. The van der Waals surface area contributed by atoms with Crippen LogP contribution in [0.2, 0.25) is 0 Å². The van der Waals surface area contributed by atoms with Gasteiger partial charge in [-0.05, 0) is 37.3 Å². The lowest BCUT2D eigenvalue weighted by molar-refractivity contribution is -0.169. The lowest BCUT2D eigenvalue weighted by Crippen LogP contribution is -2.49. The Morgan fingerprint density at radius 3 is 2.47 bits per heavy atom. The second-order valence-electron chi connectivity index (χ2n) is 10.0. The van der Waals surface area contributed by atoms with Crippen LogP contribution in [0.25, 0.3) is 5.52 Å². The molecule has 0 unspecified atom stereocenters. The summed E-state index contributed by atoms with van der Waals surface area (Å²) in [6.07, 6.45) is -2.83. The molecule has 15 nitrogen and oxygen atoms in total. The molecule has 1 aliphatic heterocycles. The van der Waals surface area contributed by atoms with Gasteiger partial charge in [0.25, 0.3) is 0 Å². The number of anilines is 1. The number of ether oxygens (including phenoxy) is 4. The van der Waals surface area contributed by atoms with E-state index in [-0.39, 0.29) is 18.6 Å². The number of aromatic nitrogens is 2. The quantitative estimate of drug-likeness (QED) is 0.156. The van der Waals surface area contributed by atoms with Gasteiger partial charge < -0.3 is 29.2 Å². The number of nitriles is 1. The van der Waals surface area contributed by atoms with Crippen LogP contribution >= 0.6 is 7.75 Å². The predicted octanol–water partition coefficient (Wildman–Crippen LogP) is 3.25. The number of carbonyl (C=O) groups is 3. The van der Waals surface area contributed by atoms with Gasteiger partial charge >= 0.3 is 25.7 Å². The minimum atomic E-state index is -4.48. The third-order valence-corrected chi connectivity index (χ3v) is 8.54. The van der Waals surface area contributed by atoms with E-state index in [0.29, 0.717) is 16.9 Å². The van der Waals surface area contributed by atoms with Gasteiger partial charge in [-0.3, -0.25) is 18.9 Å². The van der Waals surface area contributed by atoms with Crippen LogP contribution in [0.15, 0.2) is 54.7 Å². The third kappa shape index (κ3) is 7.26. The summed E-state index contributed by atoms with van der Waals surface area (Å²) in [5.74, 6) is -2.05. The number of hydrogen-bond acceptors (Lipinski definition) is 13. The summed E-state index contributed by atoms with van der Waals surface area (Å²) in [4.78, 5) is 37.5. The lowest BCUT2D eigenvalue weighted by Gasteiger charge is -2.30. The third-order valence-electron chi connectivity index (χ3n) is 6.92. The molecule has 6 atom stereocenters. The Morgan fingerprint density at radius 2 is 1.82 bits per heavy atom. The molecular weight excluding hydrogens is 609 g/mol. The molecule has 16 heteroatoms. The van der Waals surface area contributed by atoms with Crippen LogP contribution < -0.4 is 15.3 Å². The van der Waals surface area contributed by atoms with E-state index in [0.717, 1.165) is 7.11 Å². The van der Waals surface area contributed by atoms with E-state index < -0.39 is 62.2 Å². The van der Waals surface area contributed by atoms with Crippen LogP contribution in [0.1, 0.15) is 45.4 Å². The maximum Gasteiger partial charge on any atom is 0.459 e. The molecule has 3 aromatic rings. The largest absolute Gasteiger partial charge is 0.468 e. The molecule has 1 fully saturated rings. The molecule has 0 amide bonds. The lowest BCUT2D eigenvalue weighted by atomic mass is 9.95. The standard InChI is InChI=1S/C29H34N5O10P/c1-5-23(35)41-26-25(22-13-12-21-20(31)14-15-32-34(21)22)43-29(16-30,27(26)42-24(36)6-2)17-40-45(38,33-18(3)28(37)39-4)44-19-10-8-7-9-11-19/h7-15,18,25-27H,5-6,17,31H2,1-4H3,(H,33,38)/t18-,25-,26-,27-,29+,45-/m0/s1. The number of carbonyl (C=O) groups excluding carboxylic acids is 3. The first kappa shape index (κ1) is 33.4. The van der Waals surface area contributed by atoms with Crippen molar-refractivity contribution < 1.29 is 46.9 Å². The molecule has 0 bridgehead atoms. The average Bonchev–Trinajstić information content (AvgIpc) is 3.60. The van der Waals surface area contributed by atoms with Crippen molar-refractivity contribution in [1.29, 1.82) is 5.26 Å². The fourth-order valence-corrected chi connectivity index (χ4v) is 6.15. The molecule has 0 radical (unpaired) electrons. The fraction of sp³-hybridized carbons (Fsp3) is 0.414. The normalized spacial score (nSPS) is 23.0. The van der Waals surface area contributed by atoms with Crippen molar-refractivity contribution in [3.63, 3.8) is 0 Å². The molecule has 4 rings (SSSR count). The van der Waals surface area contributed by atoms with Gasteiger partial charge in [0.15, 0.2) is 12.2 Å². The number of esters is 3. The molecule has 2 aromatic heterocycles. The molecule has 240 valence electrons. The molecule has 0 aliphatic carbocycles. The van der Waals surface area contributed by atoms with Gasteiger partial charge in [-0.1, -0.05) is 32.0 Å². The summed E-state index contributed by atoms with van der Waals surface area (Å²) in [5, 5.41) is 17.4. The Morgan fingerprint density at radius 1 is 1.13 bits per heavy atom. The second-order valence-corrected chi connectivity index (χ2v) is 11.7. The Kier molecular flexibility index (Phi) is 10.5. The number of rotatable bonds is 13. The molecule has 0 spiro atoms. The maximum absolute atomic E-state index is 14.1. The number of nitrogen functional groups attached to an aromatic ring is 1. The zero-order valence-electron chi connectivity index (χ0n) is 25.1. The predicted molar refractivity (Wildman–Crippen MR) is 157 cm³/mol. The van der Waals surface area contributed by atoms with Crippen LogP contribution in [0.3, 0.4) is 0 Å². The Balaban J connectivity index is 1.78. The molecular formula is C29H34N5O10P. The number of nitrogens with two attached hydrogens (primary N) is 1. The summed E-state index contributed by atoms with van der Waals surface area (Å²) in [6.45, 7) is 3.66. The Labute approximate surface area is 259 Å². The van der Waals surface area contributed by atoms with Gasteiger partial charge in [0, 0.05) is 19.0 Å². The topological polar surface area (TPSA) is 203 Å². The highest BCUT2D eigenvalue weighted by Gasteiger charge is 2.62. The van der Waals surface area contributed by atoms with Gasteiger partial charge in [-0.15, -0.1) is 0 Å². The van der Waals surface area contributed by atoms with E-state index in [9.17, 15) is 24.2 Å². The summed E-state index contributed by atoms with van der Waals surface area (Å²) >= 11 is 0. The van der Waals surface area contributed by atoms with E-state index in [1.54, 1.807) is 50.2 Å². The molecule has 3 N–H and O–H groups in total. The van der Waals surface area contributed by atoms with Crippen molar-refractivity contribution in [2.24, 2.45) is 0 Å². The Bertz CT molecular complexity index is 1630. The molecule has 1 aromatic carbocycles. The van der Waals surface area contributed by atoms with Crippen molar-refractivity contribution in [3.05, 3.63) is 60.4 Å². The maximum atomic E-state index is 14.1. The first-order valence-corrected chi connectivity index (χ1v) is 15.6. The summed E-state index contributed by atoms with van der Waals surface area (Å²) < 4.78 is 49.4. The van der Waals surface area contributed by atoms with Gasteiger partial charge in [0.1, 0.15) is 30.6 Å². The summed E-state index contributed by atoms with van der Waals surface area (Å²) in [5.41, 5.74) is 5.13. The smallest absolute Gasteiger partial charge is 0.459 e. The fourth-order valence-electron chi connectivity index (χ4n) is 4.63. The first-order chi connectivity index (χ1) is 21.5. The zero-order valence-corrected chi connectivity index (χ0v) is 26.0. The number of para-hydroxylation sites is 1. The number of hydrogen-bond donors (Lipinski definition) is 2. The summed E-state index contributed by atoms with van der Waals surface area (Å²) in [6, 6.07) is 13.7. The monoisotopic (exact) mass is 643 g/mol. The number of nitrogens with one attached hydrogen (secondary N) is 1. The van der Waals surface area contributed by atoms with Crippen molar-refractivity contribution in [2.45, 2.75) is 63.6 Å². The highest BCUT2D eigenvalue weighted by atomic mass is 31.2. The molecule has 1 aliphatic rings. The average molecular weight is 644 g/mol. The van der Waals surface area contributed by atoms with Crippen LogP contribution in [0.5, 0.6) is 5.75 Å². The number of methoxy groups -OCH3 is 1. The summed E-state index contributed by atoms with van der Waals surface area (Å²) in [7, 11) is -3.33. The van der Waals surface area contributed by atoms with Crippen LogP contribution in [-0.4, -0.2) is 65.1 Å². The van der Waals surface area contributed by atoms with Crippen molar-refractivity contribution >= 4 is 36.9 Å². The van der Waals surface area contributed by atoms with Crippen molar-refractivity contribution in [3.8, 4) is 11.8 Å². The van der Waals surface area contributed by atoms with E-state index in [1.807, 2.05) is 6.07 Å². The minimum absolute atomic E-state index is 0.0384.